The number of H-pyrrole nitrogens is 1. The van der Waals surface area contributed by atoms with E-state index < -0.39 is 40.5 Å². The topological polar surface area (TPSA) is 103 Å². The van der Waals surface area contributed by atoms with E-state index in [0.29, 0.717) is 17.7 Å². The molecule has 2 N–H and O–H groups in total. The molecule has 1 aromatic rings. The van der Waals surface area contributed by atoms with Crippen molar-refractivity contribution in [3.05, 3.63) is 33.1 Å². The van der Waals surface area contributed by atoms with Gasteiger partial charge in [-0.05, 0) is 28.2 Å². The molecule has 2 saturated heterocycles. The number of hydrogen-bond acceptors (Lipinski definition) is 6. The van der Waals surface area contributed by atoms with Gasteiger partial charge in [0.2, 0.25) is 0 Å². The summed E-state index contributed by atoms with van der Waals surface area (Å²) in [5.41, 5.74) is 0.141. The molecule has 2 fully saturated rings. The van der Waals surface area contributed by atoms with Crippen LogP contribution < -0.4 is 11.2 Å². The first kappa shape index (κ1) is 25.6. The summed E-state index contributed by atoms with van der Waals surface area (Å²) in [6.45, 7) is 18.0. The molecule has 8 nitrogen and oxygen atoms in total. The van der Waals surface area contributed by atoms with Crippen molar-refractivity contribution in [1.82, 2.24) is 9.55 Å². The number of nitrogens with one attached hydrogen (secondary N) is 1. The number of aliphatic hydroxyl groups excluding tert-OH is 1. The molecular weight excluding hydrogens is 444 g/mol. The van der Waals surface area contributed by atoms with Crippen LogP contribution in [0.5, 0.6) is 0 Å². The van der Waals surface area contributed by atoms with Crippen LogP contribution in [0.3, 0.4) is 0 Å². The Balaban J connectivity index is 2.08. The van der Waals surface area contributed by atoms with E-state index in [0.717, 1.165) is 6.04 Å². The highest BCUT2D eigenvalue weighted by atomic mass is 28.4. The first-order valence-corrected chi connectivity index (χ1v) is 16.1. The molecule has 0 aromatic carbocycles. The lowest BCUT2D eigenvalue weighted by molar-refractivity contribution is -0.0543. The molecule has 0 spiro atoms. The third kappa shape index (κ3) is 4.25. The van der Waals surface area contributed by atoms with E-state index in [-0.39, 0.29) is 23.1 Å². The van der Waals surface area contributed by atoms with Gasteiger partial charge in [-0.15, -0.1) is 0 Å². The average molecular weight is 485 g/mol. The summed E-state index contributed by atoms with van der Waals surface area (Å²) in [5, 5.41) is 11.3. The minimum atomic E-state index is -2.60. The second kappa shape index (κ2) is 9.30. The molecule has 10 heteroatoms. The molecule has 3 heterocycles. The van der Waals surface area contributed by atoms with Gasteiger partial charge in [-0.3, -0.25) is 14.3 Å². The average Bonchev–Trinajstić information content (AvgIpc) is 2.96. The zero-order valence-electron chi connectivity index (χ0n) is 20.6. The lowest BCUT2D eigenvalue weighted by Gasteiger charge is -2.52. The highest BCUT2D eigenvalue weighted by Crippen LogP contribution is 2.51. The van der Waals surface area contributed by atoms with Gasteiger partial charge >= 0.3 is 14.3 Å². The maximum absolute atomic E-state index is 12.4. The smallest absolute Gasteiger partial charge is 0.333 e. The highest BCUT2D eigenvalue weighted by molar-refractivity contribution is 6.87. The molecule has 182 valence electrons. The fraction of sp³-hybridized carbons (Fsp3) is 0.818. The summed E-state index contributed by atoms with van der Waals surface area (Å²) >= 11 is 0. The number of ether oxygens (including phenoxy) is 1. The van der Waals surface area contributed by atoms with E-state index in [1.165, 1.54) is 16.8 Å². The van der Waals surface area contributed by atoms with E-state index in [9.17, 15) is 14.7 Å². The lowest BCUT2D eigenvalue weighted by Crippen LogP contribution is -2.63. The molecule has 2 aliphatic rings. The van der Waals surface area contributed by atoms with Gasteiger partial charge in [0.1, 0.15) is 6.10 Å². The van der Waals surface area contributed by atoms with Crippen molar-refractivity contribution in [3.63, 3.8) is 0 Å². The quantitative estimate of drug-likeness (QED) is 0.620. The third-order valence-electron chi connectivity index (χ3n) is 7.59. The summed E-state index contributed by atoms with van der Waals surface area (Å²) in [7, 11) is -5.01. The molecule has 0 saturated carbocycles. The summed E-state index contributed by atoms with van der Waals surface area (Å²) in [5.74, 6) is -0.207. The van der Waals surface area contributed by atoms with Crippen molar-refractivity contribution in [2.75, 3.05) is 6.61 Å². The Kier molecular flexibility index (Phi) is 7.44. The van der Waals surface area contributed by atoms with Crippen LogP contribution in [0.2, 0.25) is 28.2 Å². The lowest BCUT2D eigenvalue weighted by atomic mass is 10.0. The molecule has 1 unspecified atom stereocenters. The molecule has 0 bridgehead atoms. The predicted molar refractivity (Wildman–Crippen MR) is 128 cm³/mol. The standard InChI is InChI=1S/C22H40N2O6Si2/c1-13(2)31(14(3)4)12-17-18(11-28-32(30-31,15(5)6)16(7)8)29-21(20(17)26)24-10-9-19(25)23-22(24)27/h9-10,13-18,20-21,26H,11-12H2,1-8H3,(H,23,25,27)/t17-,18?,20-,21-/m1/s1. The van der Waals surface area contributed by atoms with E-state index in [2.05, 4.69) is 60.4 Å². The van der Waals surface area contributed by atoms with E-state index in [1.54, 1.807) is 0 Å². The summed E-state index contributed by atoms with van der Waals surface area (Å²) < 4.78 is 21.6. The zero-order valence-corrected chi connectivity index (χ0v) is 22.6. The molecule has 0 radical (unpaired) electrons. The number of rotatable bonds is 5. The van der Waals surface area contributed by atoms with Gasteiger partial charge in [-0.25, -0.2) is 4.79 Å². The predicted octanol–water partition coefficient (Wildman–Crippen LogP) is 3.49. The summed E-state index contributed by atoms with van der Waals surface area (Å²) in [4.78, 5) is 26.2. The number of aliphatic hydroxyl groups is 1. The second-order valence-electron chi connectivity index (χ2n) is 10.6. The van der Waals surface area contributed by atoms with Gasteiger partial charge in [0.15, 0.2) is 14.5 Å². The number of aromatic nitrogens is 2. The van der Waals surface area contributed by atoms with Crippen LogP contribution in [0.25, 0.3) is 0 Å². The number of hydrogen-bond donors (Lipinski definition) is 2. The molecule has 32 heavy (non-hydrogen) atoms. The number of nitrogens with zero attached hydrogens (tertiary/aromatic N) is 1. The van der Waals surface area contributed by atoms with Gasteiger partial charge in [-0.2, -0.15) is 0 Å². The second-order valence-corrected chi connectivity index (χ2v) is 20.1. The molecule has 0 amide bonds. The van der Waals surface area contributed by atoms with Crippen LogP contribution in [0.1, 0.15) is 61.6 Å². The molecule has 4 atom stereocenters. The maximum atomic E-state index is 12.4. The van der Waals surface area contributed by atoms with Crippen molar-refractivity contribution < 1.29 is 18.4 Å². The maximum Gasteiger partial charge on any atom is 0.333 e. The Morgan fingerprint density at radius 3 is 2.12 bits per heavy atom. The normalized spacial score (nSPS) is 30.0. The Morgan fingerprint density at radius 1 is 1.03 bits per heavy atom. The first-order chi connectivity index (χ1) is 14.9. The Hall–Kier alpha value is -1.05. The zero-order chi connectivity index (χ0) is 24.0. The van der Waals surface area contributed by atoms with Gasteiger partial charge < -0.3 is 18.4 Å². The first-order valence-electron chi connectivity index (χ1n) is 11.8. The Bertz CT molecular complexity index is 896. The fourth-order valence-electron chi connectivity index (χ4n) is 5.62. The minimum absolute atomic E-state index is 0.207. The van der Waals surface area contributed by atoms with Crippen LogP contribution in [-0.2, 0) is 13.3 Å². The van der Waals surface area contributed by atoms with Crippen molar-refractivity contribution >= 4 is 16.9 Å². The fourth-order valence-corrected chi connectivity index (χ4v) is 18.3. The van der Waals surface area contributed by atoms with Crippen LogP contribution in [0.15, 0.2) is 21.9 Å². The monoisotopic (exact) mass is 484 g/mol. The van der Waals surface area contributed by atoms with Crippen LogP contribution >= 0.6 is 0 Å². The van der Waals surface area contributed by atoms with E-state index >= 15 is 0 Å². The Morgan fingerprint density at radius 2 is 1.62 bits per heavy atom. The van der Waals surface area contributed by atoms with E-state index in [1.807, 2.05) is 0 Å². The molecule has 3 rings (SSSR count). The molecular formula is C22H40N2O6Si2. The van der Waals surface area contributed by atoms with Gasteiger partial charge in [-0.1, -0.05) is 55.4 Å². The van der Waals surface area contributed by atoms with Gasteiger partial charge in [0.25, 0.3) is 5.56 Å². The van der Waals surface area contributed by atoms with Crippen LogP contribution in [0.4, 0.5) is 0 Å². The van der Waals surface area contributed by atoms with Crippen molar-refractivity contribution in [1.29, 1.82) is 0 Å². The summed E-state index contributed by atoms with van der Waals surface area (Å²) in [6, 6.07) is 2.02. The third-order valence-corrected chi connectivity index (χ3v) is 19.2. The SMILES string of the molecule is CC(C)[Si]1(C(C)C)C[C@@H]2C(CO[Si](C(C)C)(C(C)C)O1)O[C@@H](n1ccc(=O)[nH]c1=O)[C@@H]2O. The Labute approximate surface area is 192 Å². The van der Waals surface area contributed by atoms with Crippen molar-refractivity contribution in [3.8, 4) is 0 Å². The molecule has 2 aliphatic heterocycles. The van der Waals surface area contributed by atoms with Gasteiger partial charge in [0, 0.05) is 18.2 Å². The molecule has 1 aromatic heterocycles. The number of fused-ring (bicyclic) bond motifs is 1. The largest absolute Gasteiger partial charge is 0.435 e. The number of aromatic amines is 1. The van der Waals surface area contributed by atoms with E-state index in [4.69, 9.17) is 13.3 Å². The van der Waals surface area contributed by atoms with Crippen LogP contribution in [0, 0.1) is 5.92 Å². The molecule has 0 aliphatic carbocycles. The summed E-state index contributed by atoms with van der Waals surface area (Å²) in [6.07, 6.45) is -0.710. The minimum Gasteiger partial charge on any atom is -0.435 e. The van der Waals surface area contributed by atoms with Gasteiger partial charge in [0.05, 0.1) is 12.7 Å². The van der Waals surface area contributed by atoms with Crippen LogP contribution in [-0.4, -0.2) is 50.4 Å². The van der Waals surface area contributed by atoms with Crippen molar-refractivity contribution in [2.45, 2.75) is 102 Å². The highest BCUT2D eigenvalue weighted by Gasteiger charge is 2.60. The van der Waals surface area contributed by atoms with Crippen molar-refractivity contribution in [2.24, 2.45) is 5.92 Å².